The van der Waals surface area contributed by atoms with Gasteiger partial charge in [0.25, 0.3) is 0 Å². The zero-order valence-corrected chi connectivity index (χ0v) is 13.2. The van der Waals surface area contributed by atoms with E-state index < -0.39 is 22.5 Å². The van der Waals surface area contributed by atoms with E-state index in [4.69, 9.17) is 17.3 Å². The third-order valence-electron chi connectivity index (χ3n) is 2.53. The van der Waals surface area contributed by atoms with Crippen molar-refractivity contribution in [3.63, 3.8) is 0 Å². The number of carbonyl (C=O) groups excluding carboxylic acids is 1. The summed E-state index contributed by atoms with van der Waals surface area (Å²) in [5, 5.41) is 0.0236. The summed E-state index contributed by atoms with van der Waals surface area (Å²) in [6.45, 7) is -0.205. The van der Waals surface area contributed by atoms with E-state index in [1.165, 1.54) is 32.4 Å². The van der Waals surface area contributed by atoms with E-state index in [1.807, 2.05) is 0 Å². The van der Waals surface area contributed by atoms with E-state index in [0.717, 1.165) is 4.31 Å². The minimum absolute atomic E-state index is 0.0236. The van der Waals surface area contributed by atoms with Crippen molar-refractivity contribution in [1.29, 1.82) is 0 Å². The molecule has 8 heteroatoms. The first-order valence-electron chi connectivity index (χ1n) is 5.84. The second kappa shape index (κ2) is 7.43. The molecule has 0 radical (unpaired) electrons. The fourth-order valence-corrected chi connectivity index (χ4v) is 3.07. The third-order valence-corrected chi connectivity index (χ3v) is 4.82. The zero-order valence-electron chi connectivity index (χ0n) is 11.6. The Labute approximate surface area is 128 Å². The molecule has 1 aromatic carbocycles. The lowest BCUT2D eigenvalue weighted by Gasteiger charge is -2.16. The molecule has 6 nitrogen and oxygen atoms in total. The van der Waals surface area contributed by atoms with Crippen molar-refractivity contribution in [1.82, 2.24) is 4.31 Å². The molecule has 0 amide bonds. The number of carbonyl (C=O) groups is 1. The molecule has 0 bridgehead atoms. The molecule has 2 N–H and O–H groups in total. The second-order valence-corrected chi connectivity index (χ2v) is 6.41. The van der Waals surface area contributed by atoms with Crippen molar-refractivity contribution in [2.45, 2.75) is 4.90 Å². The summed E-state index contributed by atoms with van der Waals surface area (Å²) < 4.78 is 29.9. The van der Waals surface area contributed by atoms with Crippen LogP contribution in [-0.4, -0.2) is 45.9 Å². The van der Waals surface area contributed by atoms with Crippen LogP contribution in [0.4, 0.5) is 0 Å². The van der Waals surface area contributed by atoms with Crippen LogP contribution in [0.5, 0.6) is 0 Å². The van der Waals surface area contributed by atoms with Gasteiger partial charge < -0.3 is 10.5 Å². The first-order valence-corrected chi connectivity index (χ1v) is 7.66. The summed E-state index contributed by atoms with van der Waals surface area (Å²) in [6.07, 6.45) is 0. The standard InChI is InChI=1S/C13H15ClN2O4S/c1-16(9-13(17)20-2)21(18,19)12-6-5-10(4-3-7-15)8-11(12)14/h5-6,8H,7,9,15H2,1-2H3. The number of hydrogen-bond acceptors (Lipinski definition) is 5. The average Bonchev–Trinajstić information content (AvgIpc) is 2.44. The first kappa shape index (κ1) is 17.5. The van der Waals surface area contributed by atoms with Crippen LogP contribution >= 0.6 is 11.6 Å². The maximum absolute atomic E-state index is 12.3. The smallest absolute Gasteiger partial charge is 0.321 e. The number of nitrogens with two attached hydrogens (primary N) is 1. The maximum atomic E-state index is 12.3. The fraction of sp³-hybridized carbons (Fsp3) is 0.308. The van der Waals surface area contributed by atoms with Crippen LogP contribution < -0.4 is 5.73 Å². The van der Waals surface area contributed by atoms with Gasteiger partial charge in [0.15, 0.2) is 0 Å². The lowest BCUT2D eigenvalue weighted by molar-refractivity contribution is -0.140. The van der Waals surface area contributed by atoms with E-state index in [2.05, 4.69) is 16.6 Å². The Morgan fingerprint density at radius 1 is 1.48 bits per heavy atom. The first-order chi connectivity index (χ1) is 9.82. The van der Waals surface area contributed by atoms with E-state index in [-0.39, 0.29) is 16.5 Å². The second-order valence-electron chi connectivity index (χ2n) is 3.99. The summed E-state index contributed by atoms with van der Waals surface area (Å²) in [4.78, 5) is 11.1. The Kier molecular flexibility index (Phi) is 6.18. The number of benzene rings is 1. The number of halogens is 1. The van der Waals surface area contributed by atoms with Crippen LogP contribution in [0.3, 0.4) is 0 Å². The molecule has 0 unspecified atom stereocenters. The average molecular weight is 331 g/mol. The highest BCUT2D eigenvalue weighted by Crippen LogP contribution is 2.25. The van der Waals surface area contributed by atoms with Crippen LogP contribution in [-0.2, 0) is 19.6 Å². The monoisotopic (exact) mass is 330 g/mol. The molecule has 0 fully saturated rings. The van der Waals surface area contributed by atoms with E-state index in [9.17, 15) is 13.2 Å². The number of rotatable bonds is 4. The van der Waals surface area contributed by atoms with Gasteiger partial charge in [0, 0.05) is 12.6 Å². The number of nitrogens with zero attached hydrogens (tertiary/aromatic N) is 1. The molecule has 0 aliphatic heterocycles. The minimum atomic E-state index is -3.88. The zero-order chi connectivity index (χ0) is 16.0. The van der Waals surface area contributed by atoms with Gasteiger partial charge >= 0.3 is 5.97 Å². The molecule has 0 heterocycles. The van der Waals surface area contributed by atoms with Crippen molar-refractivity contribution >= 4 is 27.6 Å². The van der Waals surface area contributed by atoms with E-state index >= 15 is 0 Å². The van der Waals surface area contributed by atoms with Gasteiger partial charge in [-0.1, -0.05) is 23.4 Å². The van der Waals surface area contributed by atoms with Crippen LogP contribution in [0, 0.1) is 11.8 Å². The van der Waals surface area contributed by atoms with Crippen molar-refractivity contribution in [2.24, 2.45) is 5.73 Å². The highest BCUT2D eigenvalue weighted by molar-refractivity contribution is 7.89. The highest BCUT2D eigenvalue weighted by atomic mass is 35.5. The molecule has 0 aliphatic carbocycles. The Morgan fingerprint density at radius 3 is 2.67 bits per heavy atom. The van der Waals surface area contributed by atoms with Gasteiger partial charge in [0.05, 0.1) is 18.7 Å². The van der Waals surface area contributed by atoms with E-state index in [1.54, 1.807) is 0 Å². The normalized spacial score (nSPS) is 10.9. The molecule has 1 aromatic rings. The lowest BCUT2D eigenvalue weighted by atomic mass is 10.2. The van der Waals surface area contributed by atoms with Crippen molar-refractivity contribution in [3.8, 4) is 11.8 Å². The Morgan fingerprint density at radius 2 is 2.14 bits per heavy atom. The maximum Gasteiger partial charge on any atom is 0.321 e. The molecular weight excluding hydrogens is 316 g/mol. The Bertz CT molecular complexity index is 692. The van der Waals surface area contributed by atoms with Crippen LogP contribution in [0.1, 0.15) is 5.56 Å². The Hall–Kier alpha value is -1.59. The SMILES string of the molecule is COC(=O)CN(C)S(=O)(=O)c1ccc(C#CCN)cc1Cl. The molecule has 21 heavy (non-hydrogen) atoms. The molecule has 0 spiro atoms. The third kappa shape index (κ3) is 4.44. The van der Waals surface area contributed by atoms with Gasteiger partial charge in [-0.25, -0.2) is 8.42 Å². The number of ether oxygens (including phenoxy) is 1. The largest absolute Gasteiger partial charge is 0.468 e. The summed E-state index contributed by atoms with van der Waals surface area (Å²) >= 11 is 5.99. The number of sulfonamides is 1. The van der Waals surface area contributed by atoms with Crippen molar-refractivity contribution < 1.29 is 17.9 Å². The van der Waals surface area contributed by atoms with Gasteiger partial charge in [-0.2, -0.15) is 4.31 Å². The Balaban J connectivity index is 3.12. The predicted molar refractivity (Wildman–Crippen MR) is 79.2 cm³/mol. The summed E-state index contributed by atoms with van der Waals surface area (Å²) in [5.74, 6) is 4.73. The summed E-state index contributed by atoms with van der Waals surface area (Å²) in [6, 6.07) is 4.29. The topological polar surface area (TPSA) is 89.7 Å². The molecule has 0 aliphatic rings. The van der Waals surface area contributed by atoms with Gasteiger partial charge in [0.1, 0.15) is 11.4 Å². The molecule has 1 rings (SSSR count). The van der Waals surface area contributed by atoms with Crippen LogP contribution in [0.15, 0.2) is 23.1 Å². The highest BCUT2D eigenvalue weighted by Gasteiger charge is 2.25. The molecule has 0 saturated carbocycles. The fourth-order valence-electron chi connectivity index (χ4n) is 1.44. The predicted octanol–water partition coefficient (Wildman–Crippen LogP) is 0.444. The summed E-state index contributed by atoms with van der Waals surface area (Å²) in [5.41, 5.74) is 5.82. The van der Waals surface area contributed by atoms with E-state index in [0.29, 0.717) is 5.56 Å². The number of esters is 1. The van der Waals surface area contributed by atoms with Gasteiger partial charge in [0.2, 0.25) is 10.0 Å². The molecular formula is C13H15ClN2O4S. The summed E-state index contributed by atoms with van der Waals surface area (Å²) in [7, 11) is -1.43. The van der Waals surface area contributed by atoms with Crippen LogP contribution in [0.25, 0.3) is 0 Å². The number of hydrogen-bond donors (Lipinski definition) is 1. The molecule has 0 aromatic heterocycles. The van der Waals surface area contributed by atoms with Crippen LogP contribution in [0.2, 0.25) is 5.02 Å². The van der Waals surface area contributed by atoms with Gasteiger partial charge in [-0.15, -0.1) is 0 Å². The van der Waals surface area contributed by atoms with Gasteiger partial charge in [-0.3, -0.25) is 4.79 Å². The van der Waals surface area contributed by atoms with Crippen molar-refractivity contribution in [3.05, 3.63) is 28.8 Å². The molecule has 114 valence electrons. The minimum Gasteiger partial charge on any atom is -0.468 e. The molecule has 0 saturated heterocycles. The van der Waals surface area contributed by atoms with Crippen molar-refractivity contribution in [2.75, 3.05) is 27.2 Å². The quantitative estimate of drug-likeness (QED) is 0.639. The van der Waals surface area contributed by atoms with Gasteiger partial charge in [-0.05, 0) is 18.2 Å². The lowest BCUT2D eigenvalue weighted by Crippen LogP contribution is -2.32. The molecule has 0 atom stereocenters. The number of likely N-dealkylation sites (N-methyl/N-ethyl adjacent to an activating group) is 1. The number of methoxy groups -OCH3 is 1.